The lowest BCUT2D eigenvalue weighted by molar-refractivity contribution is 0.409. The van der Waals surface area contributed by atoms with E-state index >= 15 is 0 Å². The monoisotopic (exact) mass is 338 g/mol. The van der Waals surface area contributed by atoms with Gasteiger partial charge in [0.05, 0.1) is 5.52 Å². The number of hydrogen-bond donors (Lipinski definition) is 2. The maximum atomic E-state index is 13.5. The molecule has 3 aromatic rings. The van der Waals surface area contributed by atoms with Crippen LogP contribution in [0.5, 0.6) is 5.88 Å². The van der Waals surface area contributed by atoms with Gasteiger partial charge in [-0.05, 0) is 25.5 Å². The Morgan fingerprint density at radius 3 is 2.17 bits per heavy atom. The van der Waals surface area contributed by atoms with Crippen molar-refractivity contribution in [3.05, 3.63) is 46.8 Å². The molecule has 0 atom stereocenters. The van der Waals surface area contributed by atoms with Gasteiger partial charge in [0.2, 0.25) is 17.5 Å². The molecule has 0 fully saturated rings. The number of aromatic nitrogens is 2. The standard InChI is InChI=1S/C15H10F4N4O/c1-5-3-6(2)10-7(4-5)11(15(24)20-10)22-23-12-8(16)13(18)21-14(19)9(12)17/h3-4,20,24H,1-2H3. The van der Waals surface area contributed by atoms with E-state index in [1.54, 1.807) is 13.0 Å². The van der Waals surface area contributed by atoms with Crippen LogP contribution in [-0.2, 0) is 0 Å². The van der Waals surface area contributed by atoms with Gasteiger partial charge in [0.15, 0.2) is 11.4 Å². The lowest BCUT2D eigenvalue weighted by Gasteiger charge is -2.00. The maximum absolute atomic E-state index is 13.5. The molecule has 0 aliphatic heterocycles. The Labute approximate surface area is 132 Å². The minimum absolute atomic E-state index is 0.103. The van der Waals surface area contributed by atoms with Crippen LogP contribution < -0.4 is 0 Å². The summed E-state index contributed by atoms with van der Waals surface area (Å²) in [6.45, 7) is 3.60. The van der Waals surface area contributed by atoms with Crippen LogP contribution in [0.3, 0.4) is 0 Å². The number of nitrogens with one attached hydrogen (secondary N) is 1. The highest BCUT2D eigenvalue weighted by molar-refractivity contribution is 5.96. The van der Waals surface area contributed by atoms with E-state index in [9.17, 15) is 22.7 Å². The first kappa shape index (κ1) is 15.9. The summed E-state index contributed by atoms with van der Waals surface area (Å²) in [7, 11) is 0. The van der Waals surface area contributed by atoms with Gasteiger partial charge in [-0.25, -0.2) is 0 Å². The number of nitrogens with zero attached hydrogens (tertiary/aromatic N) is 3. The van der Waals surface area contributed by atoms with Crippen LogP contribution in [0.2, 0.25) is 0 Å². The minimum Gasteiger partial charge on any atom is -0.493 e. The molecule has 0 bridgehead atoms. The van der Waals surface area contributed by atoms with Crippen molar-refractivity contribution in [2.24, 2.45) is 10.2 Å². The summed E-state index contributed by atoms with van der Waals surface area (Å²) in [6.07, 6.45) is 0. The summed E-state index contributed by atoms with van der Waals surface area (Å²) in [6, 6.07) is 3.53. The van der Waals surface area contributed by atoms with Gasteiger partial charge >= 0.3 is 0 Å². The topological polar surface area (TPSA) is 73.6 Å². The summed E-state index contributed by atoms with van der Waals surface area (Å²) in [5.41, 5.74) is 0.848. The number of halogens is 4. The van der Waals surface area contributed by atoms with Gasteiger partial charge in [-0.2, -0.15) is 22.5 Å². The van der Waals surface area contributed by atoms with E-state index in [1.807, 2.05) is 13.0 Å². The number of rotatable bonds is 2. The molecule has 124 valence electrons. The molecular weight excluding hydrogens is 328 g/mol. The average Bonchev–Trinajstić information content (AvgIpc) is 2.82. The number of benzene rings is 1. The molecule has 2 heterocycles. The highest BCUT2D eigenvalue weighted by Gasteiger charge is 2.21. The third-order valence-electron chi connectivity index (χ3n) is 3.43. The van der Waals surface area contributed by atoms with Gasteiger partial charge in [0.1, 0.15) is 0 Å². The number of pyridine rings is 1. The maximum Gasteiger partial charge on any atom is 0.254 e. The molecule has 0 amide bonds. The number of fused-ring (bicyclic) bond motifs is 1. The lowest BCUT2D eigenvalue weighted by Crippen LogP contribution is -1.98. The van der Waals surface area contributed by atoms with Crippen LogP contribution in [0.25, 0.3) is 10.9 Å². The molecule has 3 rings (SSSR count). The highest BCUT2D eigenvalue weighted by Crippen LogP contribution is 2.38. The first-order chi connectivity index (χ1) is 11.3. The Morgan fingerprint density at radius 1 is 0.958 bits per heavy atom. The van der Waals surface area contributed by atoms with Crippen molar-refractivity contribution < 1.29 is 22.7 Å². The van der Waals surface area contributed by atoms with Crippen molar-refractivity contribution in [1.29, 1.82) is 0 Å². The Bertz CT molecular complexity index is 971. The number of H-pyrrole nitrogens is 1. The molecule has 9 heteroatoms. The second kappa shape index (κ2) is 5.59. The summed E-state index contributed by atoms with van der Waals surface area (Å²) in [5.74, 6) is -7.61. The molecule has 5 nitrogen and oxygen atoms in total. The number of azo groups is 1. The van der Waals surface area contributed by atoms with Gasteiger partial charge in [0.25, 0.3) is 11.9 Å². The van der Waals surface area contributed by atoms with E-state index in [4.69, 9.17) is 0 Å². The largest absolute Gasteiger partial charge is 0.493 e. The van der Waals surface area contributed by atoms with Crippen LogP contribution in [0, 0.1) is 37.4 Å². The number of aromatic hydroxyl groups is 1. The van der Waals surface area contributed by atoms with Gasteiger partial charge in [-0.15, -0.1) is 10.2 Å². The number of aromatic amines is 1. The van der Waals surface area contributed by atoms with E-state index in [1.165, 1.54) is 0 Å². The first-order valence-electron chi connectivity index (χ1n) is 6.73. The fraction of sp³-hybridized carbons (Fsp3) is 0.133. The van der Waals surface area contributed by atoms with Crippen LogP contribution in [0.15, 0.2) is 22.4 Å². The summed E-state index contributed by atoms with van der Waals surface area (Å²) >= 11 is 0. The quantitative estimate of drug-likeness (QED) is 0.398. The van der Waals surface area contributed by atoms with Crippen molar-refractivity contribution in [2.45, 2.75) is 13.8 Å². The second-order valence-corrected chi connectivity index (χ2v) is 5.20. The smallest absolute Gasteiger partial charge is 0.254 e. The minimum atomic E-state index is -1.84. The Morgan fingerprint density at radius 2 is 1.54 bits per heavy atom. The molecule has 0 saturated carbocycles. The first-order valence-corrected chi connectivity index (χ1v) is 6.73. The molecule has 24 heavy (non-hydrogen) atoms. The Kier molecular flexibility index (Phi) is 3.70. The van der Waals surface area contributed by atoms with Crippen molar-refractivity contribution in [1.82, 2.24) is 9.97 Å². The number of aryl methyl sites for hydroxylation is 2. The van der Waals surface area contributed by atoms with E-state index in [0.29, 0.717) is 10.9 Å². The number of hydrogen-bond acceptors (Lipinski definition) is 4. The van der Waals surface area contributed by atoms with Crippen molar-refractivity contribution >= 4 is 22.3 Å². The van der Waals surface area contributed by atoms with Gasteiger partial charge < -0.3 is 10.1 Å². The molecule has 0 unspecified atom stereocenters. The van der Waals surface area contributed by atoms with Gasteiger partial charge in [-0.1, -0.05) is 11.6 Å². The van der Waals surface area contributed by atoms with Crippen LogP contribution in [-0.4, -0.2) is 15.1 Å². The van der Waals surface area contributed by atoms with Gasteiger partial charge in [-0.3, -0.25) is 0 Å². The van der Waals surface area contributed by atoms with Crippen LogP contribution in [0.4, 0.5) is 28.9 Å². The zero-order valence-electron chi connectivity index (χ0n) is 12.5. The third kappa shape index (κ3) is 2.47. The average molecular weight is 338 g/mol. The summed E-state index contributed by atoms with van der Waals surface area (Å²) in [5, 5.41) is 17.1. The molecule has 0 radical (unpaired) electrons. The van der Waals surface area contributed by atoms with E-state index in [0.717, 1.165) is 11.1 Å². The van der Waals surface area contributed by atoms with Crippen molar-refractivity contribution in [3.8, 4) is 5.88 Å². The predicted octanol–water partition coefficient (Wildman–Crippen LogP) is 4.86. The molecule has 0 aliphatic carbocycles. The predicted molar refractivity (Wildman–Crippen MR) is 77.7 cm³/mol. The van der Waals surface area contributed by atoms with Crippen LogP contribution in [0.1, 0.15) is 11.1 Å². The zero-order valence-corrected chi connectivity index (χ0v) is 12.5. The third-order valence-corrected chi connectivity index (χ3v) is 3.43. The molecular formula is C15H10F4N4O. The molecule has 2 aromatic heterocycles. The Hall–Kier alpha value is -2.97. The van der Waals surface area contributed by atoms with E-state index < -0.39 is 35.1 Å². The van der Waals surface area contributed by atoms with E-state index in [-0.39, 0.29) is 5.69 Å². The molecule has 1 aromatic carbocycles. The molecule has 0 spiro atoms. The van der Waals surface area contributed by atoms with Crippen LogP contribution >= 0.6 is 0 Å². The van der Waals surface area contributed by atoms with Gasteiger partial charge in [0, 0.05) is 5.39 Å². The fourth-order valence-electron chi connectivity index (χ4n) is 2.39. The fourth-order valence-corrected chi connectivity index (χ4v) is 2.39. The highest BCUT2D eigenvalue weighted by atomic mass is 19.2. The SMILES string of the molecule is Cc1cc(C)c2[nH]c(O)c(N=Nc3c(F)c(F)nc(F)c3F)c2c1. The van der Waals surface area contributed by atoms with Crippen molar-refractivity contribution in [3.63, 3.8) is 0 Å². The lowest BCUT2D eigenvalue weighted by atomic mass is 10.1. The summed E-state index contributed by atoms with van der Waals surface area (Å²) in [4.78, 5) is 5.09. The Balaban J connectivity index is 2.18. The normalized spacial score (nSPS) is 11.8. The summed E-state index contributed by atoms with van der Waals surface area (Å²) < 4.78 is 53.2. The molecule has 2 N–H and O–H groups in total. The molecule has 0 aliphatic rings. The molecule has 0 saturated heterocycles. The van der Waals surface area contributed by atoms with Crippen molar-refractivity contribution in [2.75, 3.05) is 0 Å². The van der Waals surface area contributed by atoms with E-state index in [2.05, 4.69) is 20.2 Å². The second-order valence-electron chi connectivity index (χ2n) is 5.20. The zero-order chi connectivity index (χ0) is 17.6.